The van der Waals surface area contributed by atoms with Crippen LogP contribution in [-0.4, -0.2) is 15.6 Å². The molecule has 26 heavy (non-hydrogen) atoms. The number of aromatic carboxylic acids is 1. The summed E-state index contributed by atoms with van der Waals surface area (Å²) >= 11 is 0. The van der Waals surface area contributed by atoms with Gasteiger partial charge in [-0.25, -0.2) is 4.79 Å². The van der Waals surface area contributed by atoms with Crippen molar-refractivity contribution in [2.45, 2.75) is 13.3 Å². The third-order valence-corrected chi connectivity index (χ3v) is 4.61. The molecule has 0 aliphatic rings. The van der Waals surface area contributed by atoms with Gasteiger partial charge in [0.15, 0.2) is 0 Å². The van der Waals surface area contributed by atoms with E-state index >= 15 is 0 Å². The summed E-state index contributed by atoms with van der Waals surface area (Å²) in [4.78, 5) is 11.8. The second-order valence-electron chi connectivity index (χ2n) is 6.04. The zero-order chi connectivity index (χ0) is 18.8. The molecule has 3 aromatic rings. The van der Waals surface area contributed by atoms with E-state index in [9.17, 15) is 15.2 Å². The second kappa shape index (κ2) is 6.77. The van der Waals surface area contributed by atoms with Gasteiger partial charge in [-0.15, -0.1) is 0 Å². The second-order valence-corrected chi connectivity index (χ2v) is 6.04. The first-order valence-electron chi connectivity index (χ1n) is 8.29. The monoisotopic (exact) mass is 345 g/mol. The van der Waals surface area contributed by atoms with Crippen molar-refractivity contribution in [3.8, 4) is 28.3 Å². The first kappa shape index (κ1) is 17.3. The van der Waals surface area contributed by atoms with E-state index in [0.717, 1.165) is 16.8 Å². The zero-order valence-corrected chi connectivity index (χ0v) is 14.7. The number of carbonyl (C=O) groups is 1. The zero-order valence-electron chi connectivity index (χ0n) is 14.7. The number of para-hydroxylation sites is 1. The molecule has 0 saturated heterocycles. The molecule has 0 aliphatic carbocycles. The molecule has 0 bridgehead atoms. The van der Waals surface area contributed by atoms with E-state index in [1.165, 1.54) is 0 Å². The Balaban J connectivity index is 2.18. The lowest BCUT2D eigenvalue weighted by Crippen LogP contribution is -2.07. The summed E-state index contributed by atoms with van der Waals surface area (Å²) in [5.74, 6) is -1.05. The molecular weight excluding hydrogens is 326 g/mol. The van der Waals surface area contributed by atoms with Gasteiger partial charge in [0.2, 0.25) is 0 Å². The number of anilines is 1. The Kier molecular flexibility index (Phi) is 4.51. The maximum absolute atomic E-state index is 11.8. The number of hydrogen-bond donors (Lipinski definition) is 2. The molecule has 0 aliphatic heterocycles. The van der Waals surface area contributed by atoms with Crippen LogP contribution in [0.3, 0.4) is 0 Å². The van der Waals surface area contributed by atoms with Crippen LogP contribution in [0.4, 0.5) is 5.69 Å². The van der Waals surface area contributed by atoms with E-state index in [1.807, 2.05) is 55.5 Å². The molecule has 5 nitrogen and oxygen atoms in total. The highest BCUT2D eigenvalue weighted by Crippen LogP contribution is 2.34. The highest BCUT2D eigenvalue weighted by Gasteiger charge is 2.25. The number of carboxylic acids is 1. The quantitative estimate of drug-likeness (QED) is 0.697. The van der Waals surface area contributed by atoms with Gasteiger partial charge >= 0.3 is 5.97 Å². The van der Waals surface area contributed by atoms with Crippen LogP contribution in [0.5, 0.6) is 0 Å². The van der Waals surface area contributed by atoms with Crippen molar-refractivity contribution in [2.75, 3.05) is 5.73 Å². The minimum atomic E-state index is -1.05. The summed E-state index contributed by atoms with van der Waals surface area (Å²) in [7, 11) is 1.69. The van der Waals surface area contributed by atoms with Crippen LogP contribution in [0.2, 0.25) is 0 Å². The molecule has 1 aromatic heterocycles. The molecular formula is C21H19N3O2. The minimum Gasteiger partial charge on any atom is -0.477 e. The summed E-state index contributed by atoms with van der Waals surface area (Å²) in [6, 6.07) is 17.2. The SMILES string of the molecule is CCc1c(C#N)c(-c2ccc(-c3ccccc3N)cc2)c(C(=O)O)n1C. The lowest BCUT2D eigenvalue weighted by molar-refractivity contribution is 0.0687. The number of hydrogen-bond acceptors (Lipinski definition) is 3. The van der Waals surface area contributed by atoms with Gasteiger partial charge in [0, 0.05) is 29.6 Å². The Bertz CT molecular complexity index is 1020. The Labute approximate surface area is 151 Å². The van der Waals surface area contributed by atoms with Crippen LogP contribution < -0.4 is 5.73 Å². The van der Waals surface area contributed by atoms with Gasteiger partial charge < -0.3 is 15.4 Å². The molecule has 3 N–H and O–H groups in total. The van der Waals surface area contributed by atoms with E-state index in [4.69, 9.17) is 5.73 Å². The average molecular weight is 345 g/mol. The van der Waals surface area contributed by atoms with Gasteiger partial charge in [-0.05, 0) is 23.6 Å². The first-order valence-corrected chi connectivity index (χ1v) is 8.29. The van der Waals surface area contributed by atoms with Crippen LogP contribution in [0.15, 0.2) is 48.5 Å². The highest BCUT2D eigenvalue weighted by molar-refractivity contribution is 5.97. The number of nitrogens with two attached hydrogens (primary N) is 1. The van der Waals surface area contributed by atoms with Crippen LogP contribution in [0.1, 0.15) is 28.7 Å². The van der Waals surface area contributed by atoms with E-state index in [2.05, 4.69) is 6.07 Å². The molecule has 5 heteroatoms. The Hall–Kier alpha value is -3.52. The summed E-state index contributed by atoms with van der Waals surface area (Å²) in [6.45, 7) is 1.91. The molecule has 0 radical (unpaired) electrons. The van der Waals surface area contributed by atoms with Gasteiger partial charge in [0.1, 0.15) is 11.8 Å². The molecule has 0 spiro atoms. The fourth-order valence-electron chi connectivity index (χ4n) is 3.38. The molecule has 1 heterocycles. The third-order valence-electron chi connectivity index (χ3n) is 4.61. The molecule has 0 saturated carbocycles. The molecule has 130 valence electrons. The van der Waals surface area contributed by atoms with Crippen molar-refractivity contribution in [1.29, 1.82) is 5.26 Å². The number of carboxylic acid groups (broad SMARTS) is 1. The van der Waals surface area contributed by atoms with Crippen molar-refractivity contribution in [3.63, 3.8) is 0 Å². The van der Waals surface area contributed by atoms with Crippen molar-refractivity contribution in [3.05, 3.63) is 65.5 Å². The van der Waals surface area contributed by atoms with Gasteiger partial charge in [-0.2, -0.15) is 5.26 Å². The summed E-state index contributed by atoms with van der Waals surface area (Å²) in [6.07, 6.45) is 0.582. The number of aromatic nitrogens is 1. The van der Waals surface area contributed by atoms with Crippen molar-refractivity contribution >= 4 is 11.7 Å². The number of rotatable bonds is 4. The standard InChI is InChI=1S/C21H19N3O2/c1-3-18-16(12-22)19(20(21(25)26)24(18)2)14-10-8-13(9-11-14)15-6-4-5-7-17(15)23/h4-11H,3,23H2,1-2H3,(H,25,26). The highest BCUT2D eigenvalue weighted by atomic mass is 16.4. The number of nitrogens with zero attached hydrogens (tertiary/aromatic N) is 2. The van der Waals surface area contributed by atoms with Crippen molar-refractivity contribution < 1.29 is 9.90 Å². The normalized spacial score (nSPS) is 10.5. The van der Waals surface area contributed by atoms with Gasteiger partial charge in [0.05, 0.1) is 5.56 Å². The summed E-state index contributed by atoms with van der Waals surface area (Å²) in [5, 5.41) is 19.3. The average Bonchev–Trinajstić information content (AvgIpc) is 2.94. The predicted octanol–water partition coefficient (Wildman–Crippen LogP) is 4.07. The molecule has 3 rings (SSSR count). The third kappa shape index (κ3) is 2.72. The van der Waals surface area contributed by atoms with Crippen LogP contribution >= 0.6 is 0 Å². The largest absolute Gasteiger partial charge is 0.477 e. The van der Waals surface area contributed by atoms with Crippen LogP contribution in [0, 0.1) is 11.3 Å². The Morgan fingerprint density at radius 1 is 1.15 bits per heavy atom. The molecule has 2 aromatic carbocycles. The maximum Gasteiger partial charge on any atom is 0.353 e. The van der Waals surface area contributed by atoms with Crippen molar-refractivity contribution in [1.82, 2.24) is 4.57 Å². The Morgan fingerprint density at radius 3 is 2.31 bits per heavy atom. The minimum absolute atomic E-state index is 0.130. The fourth-order valence-corrected chi connectivity index (χ4v) is 3.38. The predicted molar refractivity (Wildman–Crippen MR) is 102 cm³/mol. The molecule has 0 atom stereocenters. The lowest BCUT2D eigenvalue weighted by Gasteiger charge is -2.08. The number of nitrogen functional groups attached to an aromatic ring is 1. The molecule has 0 amide bonds. The van der Waals surface area contributed by atoms with Gasteiger partial charge in [-0.3, -0.25) is 0 Å². The summed E-state index contributed by atoms with van der Waals surface area (Å²) < 4.78 is 1.60. The lowest BCUT2D eigenvalue weighted by atomic mass is 9.96. The number of nitriles is 1. The van der Waals surface area contributed by atoms with E-state index < -0.39 is 5.97 Å². The molecule has 0 fully saturated rings. The van der Waals surface area contributed by atoms with Crippen LogP contribution in [0.25, 0.3) is 22.3 Å². The van der Waals surface area contributed by atoms with E-state index in [0.29, 0.717) is 28.8 Å². The number of benzene rings is 2. The Morgan fingerprint density at radius 2 is 1.77 bits per heavy atom. The fraction of sp³-hybridized carbons (Fsp3) is 0.143. The smallest absolute Gasteiger partial charge is 0.353 e. The van der Waals surface area contributed by atoms with E-state index in [1.54, 1.807) is 11.6 Å². The van der Waals surface area contributed by atoms with Gasteiger partial charge in [-0.1, -0.05) is 49.4 Å². The van der Waals surface area contributed by atoms with E-state index in [-0.39, 0.29) is 5.69 Å². The topological polar surface area (TPSA) is 92.0 Å². The van der Waals surface area contributed by atoms with Crippen LogP contribution in [-0.2, 0) is 13.5 Å². The van der Waals surface area contributed by atoms with Gasteiger partial charge in [0.25, 0.3) is 0 Å². The summed E-state index contributed by atoms with van der Waals surface area (Å²) in [5.41, 5.74) is 11.0. The maximum atomic E-state index is 11.8. The van der Waals surface area contributed by atoms with Crippen molar-refractivity contribution in [2.24, 2.45) is 7.05 Å². The molecule has 0 unspecified atom stereocenters. The first-order chi connectivity index (χ1) is 12.5.